The molecule has 0 N–H and O–H groups in total. The Morgan fingerprint density at radius 3 is 2.43 bits per heavy atom. The fourth-order valence-electron chi connectivity index (χ4n) is 2.42. The first-order valence-electron chi connectivity index (χ1n) is 7.03. The number of methoxy groups -OCH3 is 1. The molecule has 0 atom stereocenters. The maximum atomic E-state index is 12.4. The third-order valence-electron chi connectivity index (χ3n) is 3.91. The van der Waals surface area contributed by atoms with Gasteiger partial charge >= 0.3 is 0 Å². The summed E-state index contributed by atoms with van der Waals surface area (Å²) in [6, 6.07) is 5.81. The van der Waals surface area contributed by atoms with Gasteiger partial charge in [0.25, 0.3) is 0 Å². The van der Waals surface area contributed by atoms with Gasteiger partial charge in [0.2, 0.25) is 0 Å². The minimum atomic E-state index is 0.0830. The summed E-state index contributed by atoms with van der Waals surface area (Å²) in [5, 5.41) is 0. The SMILES string of the molecule is COc1c(C)cnc(CC(=O)c2ccc(C)c(C)c2)c1C. The standard InChI is InChI=1S/C18H21NO2/c1-11-6-7-15(8-12(11)2)17(20)9-16-14(4)18(21-5)13(3)10-19-16/h6-8,10H,9H2,1-5H3. The Hall–Kier alpha value is -2.16. The lowest BCUT2D eigenvalue weighted by Crippen LogP contribution is -2.08. The third kappa shape index (κ3) is 3.13. The fraction of sp³-hybridized carbons (Fsp3) is 0.333. The molecule has 2 rings (SSSR count). The van der Waals surface area contributed by atoms with E-state index >= 15 is 0 Å². The largest absolute Gasteiger partial charge is 0.496 e. The van der Waals surface area contributed by atoms with Gasteiger partial charge in [-0.25, -0.2) is 0 Å². The van der Waals surface area contributed by atoms with Crippen molar-refractivity contribution < 1.29 is 9.53 Å². The number of pyridine rings is 1. The smallest absolute Gasteiger partial charge is 0.168 e. The number of nitrogens with zero attached hydrogens (tertiary/aromatic N) is 1. The lowest BCUT2D eigenvalue weighted by Gasteiger charge is -2.12. The molecule has 0 radical (unpaired) electrons. The zero-order valence-electron chi connectivity index (χ0n) is 13.3. The van der Waals surface area contributed by atoms with Gasteiger partial charge in [-0.15, -0.1) is 0 Å². The van der Waals surface area contributed by atoms with Crippen molar-refractivity contribution in [3.8, 4) is 5.75 Å². The van der Waals surface area contributed by atoms with E-state index in [2.05, 4.69) is 4.98 Å². The van der Waals surface area contributed by atoms with Crippen LogP contribution in [0.1, 0.15) is 38.3 Å². The van der Waals surface area contributed by atoms with Crippen LogP contribution in [0.5, 0.6) is 5.75 Å². The highest BCUT2D eigenvalue weighted by Crippen LogP contribution is 2.25. The van der Waals surface area contributed by atoms with Gasteiger partial charge in [0, 0.05) is 22.9 Å². The number of hydrogen-bond acceptors (Lipinski definition) is 3. The molecule has 110 valence electrons. The van der Waals surface area contributed by atoms with Gasteiger partial charge in [0.05, 0.1) is 19.2 Å². The van der Waals surface area contributed by atoms with Crippen molar-refractivity contribution >= 4 is 5.78 Å². The number of carbonyl (C=O) groups excluding carboxylic acids is 1. The minimum absolute atomic E-state index is 0.0830. The van der Waals surface area contributed by atoms with Gasteiger partial charge in [-0.05, 0) is 44.9 Å². The Kier molecular flexibility index (Phi) is 4.41. The second-order valence-electron chi connectivity index (χ2n) is 5.45. The van der Waals surface area contributed by atoms with Gasteiger partial charge < -0.3 is 4.74 Å². The molecule has 0 saturated carbocycles. The highest BCUT2D eigenvalue weighted by Gasteiger charge is 2.14. The Labute approximate surface area is 126 Å². The van der Waals surface area contributed by atoms with Crippen LogP contribution < -0.4 is 4.74 Å². The van der Waals surface area contributed by atoms with Crippen LogP contribution in [0.15, 0.2) is 24.4 Å². The number of Topliss-reactive ketones (excluding diaryl/α,β-unsaturated/α-hetero) is 1. The first-order chi connectivity index (χ1) is 9.93. The molecule has 1 heterocycles. The number of aryl methyl sites for hydroxylation is 3. The van der Waals surface area contributed by atoms with E-state index in [0.29, 0.717) is 6.42 Å². The topological polar surface area (TPSA) is 39.2 Å². The highest BCUT2D eigenvalue weighted by atomic mass is 16.5. The normalized spacial score (nSPS) is 10.5. The maximum absolute atomic E-state index is 12.4. The van der Waals surface area contributed by atoms with Gasteiger partial charge in [0.1, 0.15) is 5.75 Å². The van der Waals surface area contributed by atoms with E-state index in [0.717, 1.165) is 33.7 Å². The number of hydrogen-bond donors (Lipinski definition) is 0. The molecular weight excluding hydrogens is 262 g/mol. The molecule has 3 heteroatoms. The van der Waals surface area contributed by atoms with E-state index in [9.17, 15) is 4.79 Å². The van der Waals surface area contributed by atoms with Crippen LogP contribution in [0, 0.1) is 27.7 Å². The van der Waals surface area contributed by atoms with E-state index in [1.807, 2.05) is 45.9 Å². The summed E-state index contributed by atoms with van der Waals surface area (Å²) in [6.07, 6.45) is 2.06. The molecule has 1 aromatic heterocycles. The molecule has 0 aliphatic carbocycles. The van der Waals surface area contributed by atoms with Crippen molar-refractivity contribution in [1.82, 2.24) is 4.98 Å². The van der Waals surface area contributed by atoms with E-state index < -0.39 is 0 Å². The average molecular weight is 283 g/mol. The van der Waals surface area contributed by atoms with Crippen LogP contribution in [0.4, 0.5) is 0 Å². The van der Waals surface area contributed by atoms with Crippen molar-refractivity contribution in [2.24, 2.45) is 0 Å². The van der Waals surface area contributed by atoms with Gasteiger partial charge in [-0.1, -0.05) is 12.1 Å². The summed E-state index contributed by atoms with van der Waals surface area (Å²) in [7, 11) is 1.64. The monoisotopic (exact) mass is 283 g/mol. The van der Waals surface area contributed by atoms with Crippen molar-refractivity contribution in [2.45, 2.75) is 34.1 Å². The fourth-order valence-corrected chi connectivity index (χ4v) is 2.42. The van der Waals surface area contributed by atoms with Crippen molar-refractivity contribution in [3.05, 3.63) is 57.9 Å². The minimum Gasteiger partial charge on any atom is -0.496 e. The first kappa shape index (κ1) is 15.2. The molecule has 1 aromatic carbocycles. The predicted molar refractivity (Wildman–Crippen MR) is 84.2 cm³/mol. The Morgan fingerprint density at radius 1 is 1.10 bits per heavy atom. The summed E-state index contributed by atoms with van der Waals surface area (Å²) < 4.78 is 5.39. The van der Waals surface area contributed by atoms with Crippen LogP contribution >= 0.6 is 0 Å². The zero-order valence-corrected chi connectivity index (χ0v) is 13.3. The van der Waals surface area contributed by atoms with Gasteiger partial charge in [-0.3, -0.25) is 9.78 Å². The number of carbonyl (C=O) groups is 1. The summed E-state index contributed by atoms with van der Waals surface area (Å²) >= 11 is 0. The van der Waals surface area contributed by atoms with Crippen LogP contribution in [0.2, 0.25) is 0 Å². The van der Waals surface area contributed by atoms with E-state index in [-0.39, 0.29) is 5.78 Å². The second kappa shape index (κ2) is 6.08. The van der Waals surface area contributed by atoms with E-state index in [1.54, 1.807) is 13.3 Å². The average Bonchev–Trinajstić information content (AvgIpc) is 2.45. The van der Waals surface area contributed by atoms with Crippen LogP contribution in [-0.4, -0.2) is 17.9 Å². The predicted octanol–water partition coefficient (Wildman–Crippen LogP) is 3.75. The lowest BCUT2D eigenvalue weighted by atomic mass is 9.99. The number of aromatic nitrogens is 1. The summed E-state index contributed by atoms with van der Waals surface area (Å²) in [5.41, 5.74) is 5.76. The molecule has 0 fully saturated rings. The summed E-state index contributed by atoms with van der Waals surface area (Å²) in [5.74, 6) is 0.896. The summed E-state index contributed by atoms with van der Waals surface area (Å²) in [6.45, 7) is 7.96. The van der Waals surface area contributed by atoms with Crippen LogP contribution in [0.3, 0.4) is 0 Å². The number of ether oxygens (including phenoxy) is 1. The molecule has 0 aliphatic heterocycles. The Morgan fingerprint density at radius 2 is 1.81 bits per heavy atom. The van der Waals surface area contributed by atoms with Crippen LogP contribution in [-0.2, 0) is 6.42 Å². The number of ketones is 1. The second-order valence-corrected chi connectivity index (χ2v) is 5.45. The molecule has 21 heavy (non-hydrogen) atoms. The number of rotatable bonds is 4. The van der Waals surface area contributed by atoms with E-state index in [1.165, 1.54) is 5.56 Å². The van der Waals surface area contributed by atoms with Crippen LogP contribution in [0.25, 0.3) is 0 Å². The first-order valence-corrected chi connectivity index (χ1v) is 7.03. The quantitative estimate of drug-likeness (QED) is 0.802. The Bertz CT molecular complexity index is 690. The summed E-state index contributed by atoms with van der Waals surface area (Å²) in [4.78, 5) is 16.8. The van der Waals surface area contributed by atoms with E-state index in [4.69, 9.17) is 4.74 Å². The molecule has 0 aliphatic rings. The van der Waals surface area contributed by atoms with Gasteiger partial charge in [0.15, 0.2) is 5.78 Å². The molecule has 0 bridgehead atoms. The Balaban J connectivity index is 2.29. The zero-order chi connectivity index (χ0) is 15.6. The maximum Gasteiger partial charge on any atom is 0.168 e. The molecular formula is C18H21NO2. The third-order valence-corrected chi connectivity index (χ3v) is 3.91. The molecule has 0 saturated heterocycles. The molecule has 0 amide bonds. The lowest BCUT2D eigenvalue weighted by molar-refractivity contribution is 0.0991. The van der Waals surface area contributed by atoms with Crippen molar-refractivity contribution in [3.63, 3.8) is 0 Å². The van der Waals surface area contributed by atoms with Crippen molar-refractivity contribution in [2.75, 3.05) is 7.11 Å². The highest BCUT2D eigenvalue weighted by molar-refractivity contribution is 5.97. The molecule has 3 nitrogen and oxygen atoms in total. The van der Waals surface area contributed by atoms with Crippen molar-refractivity contribution in [1.29, 1.82) is 0 Å². The number of benzene rings is 1. The molecule has 0 unspecified atom stereocenters. The molecule has 0 spiro atoms. The molecule has 2 aromatic rings. The van der Waals surface area contributed by atoms with Gasteiger partial charge in [-0.2, -0.15) is 0 Å².